The highest BCUT2D eigenvalue weighted by atomic mass is 15.2. The SMILES string of the molecule is CC(C)(C)N1CCC(N)CC1Cc1ccccc1. The van der Waals surface area contributed by atoms with Crippen molar-refractivity contribution in [2.24, 2.45) is 5.73 Å². The Labute approximate surface area is 111 Å². The van der Waals surface area contributed by atoms with Crippen molar-refractivity contribution < 1.29 is 0 Å². The molecule has 2 N–H and O–H groups in total. The van der Waals surface area contributed by atoms with E-state index in [9.17, 15) is 0 Å². The first kappa shape index (κ1) is 13.6. The molecule has 0 bridgehead atoms. The molecule has 1 fully saturated rings. The fourth-order valence-corrected chi connectivity index (χ4v) is 3.04. The molecule has 18 heavy (non-hydrogen) atoms. The molecule has 1 aromatic rings. The summed E-state index contributed by atoms with van der Waals surface area (Å²) in [6.45, 7) is 8.05. The minimum absolute atomic E-state index is 0.236. The minimum Gasteiger partial charge on any atom is -0.328 e. The number of nitrogens with two attached hydrogens (primary N) is 1. The van der Waals surface area contributed by atoms with Crippen LogP contribution >= 0.6 is 0 Å². The van der Waals surface area contributed by atoms with Gasteiger partial charge in [0.05, 0.1) is 0 Å². The predicted molar refractivity (Wildman–Crippen MR) is 77.6 cm³/mol. The van der Waals surface area contributed by atoms with Gasteiger partial charge in [-0.3, -0.25) is 4.90 Å². The van der Waals surface area contributed by atoms with Crippen molar-refractivity contribution in [3.05, 3.63) is 35.9 Å². The Morgan fingerprint density at radius 3 is 2.50 bits per heavy atom. The molecule has 1 aliphatic heterocycles. The summed E-state index contributed by atoms with van der Waals surface area (Å²) >= 11 is 0. The summed E-state index contributed by atoms with van der Waals surface area (Å²) in [5.74, 6) is 0. The monoisotopic (exact) mass is 246 g/mol. The van der Waals surface area contributed by atoms with Crippen LogP contribution in [0.4, 0.5) is 0 Å². The third-order valence-corrected chi connectivity index (χ3v) is 3.93. The minimum atomic E-state index is 0.236. The van der Waals surface area contributed by atoms with Crippen molar-refractivity contribution in [3.63, 3.8) is 0 Å². The van der Waals surface area contributed by atoms with Crippen LogP contribution in [0.2, 0.25) is 0 Å². The standard InChI is InChI=1S/C16H26N2/c1-16(2,3)18-10-9-14(17)12-15(18)11-13-7-5-4-6-8-13/h4-8,14-15H,9-12,17H2,1-3H3. The van der Waals surface area contributed by atoms with Crippen LogP contribution in [0.1, 0.15) is 39.2 Å². The largest absolute Gasteiger partial charge is 0.328 e. The Kier molecular flexibility index (Phi) is 4.08. The molecular weight excluding hydrogens is 220 g/mol. The van der Waals surface area contributed by atoms with Gasteiger partial charge >= 0.3 is 0 Å². The van der Waals surface area contributed by atoms with E-state index in [4.69, 9.17) is 5.73 Å². The van der Waals surface area contributed by atoms with Crippen molar-refractivity contribution >= 4 is 0 Å². The van der Waals surface area contributed by atoms with Crippen molar-refractivity contribution in [1.82, 2.24) is 4.90 Å². The van der Waals surface area contributed by atoms with E-state index in [-0.39, 0.29) is 5.54 Å². The normalized spacial score (nSPS) is 26.2. The number of rotatable bonds is 2. The summed E-state index contributed by atoms with van der Waals surface area (Å²) in [6, 6.07) is 11.7. The van der Waals surface area contributed by atoms with E-state index in [1.807, 2.05) is 0 Å². The maximum absolute atomic E-state index is 6.16. The van der Waals surface area contributed by atoms with Gasteiger partial charge < -0.3 is 5.73 Å². The van der Waals surface area contributed by atoms with Crippen LogP contribution in [-0.4, -0.2) is 29.1 Å². The van der Waals surface area contributed by atoms with Gasteiger partial charge in [0.15, 0.2) is 0 Å². The van der Waals surface area contributed by atoms with Gasteiger partial charge in [-0.1, -0.05) is 30.3 Å². The van der Waals surface area contributed by atoms with Gasteiger partial charge in [-0.2, -0.15) is 0 Å². The smallest absolute Gasteiger partial charge is 0.0156 e. The number of nitrogens with zero attached hydrogens (tertiary/aromatic N) is 1. The van der Waals surface area contributed by atoms with Crippen molar-refractivity contribution in [1.29, 1.82) is 0 Å². The molecule has 0 saturated carbocycles. The Morgan fingerprint density at radius 1 is 1.22 bits per heavy atom. The van der Waals surface area contributed by atoms with Gasteiger partial charge in [-0.15, -0.1) is 0 Å². The second kappa shape index (κ2) is 5.41. The van der Waals surface area contributed by atoms with Crippen LogP contribution in [0.15, 0.2) is 30.3 Å². The van der Waals surface area contributed by atoms with Crippen LogP contribution in [0, 0.1) is 0 Å². The Hall–Kier alpha value is -0.860. The van der Waals surface area contributed by atoms with Crippen molar-refractivity contribution in [3.8, 4) is 0 Å². The molecule has 2 rings (SSSR count). The maximum atomic E-state index is 6.16. The van der Waals surface area contributed by atoms with E-state index in [1.165, 1.54) is 5.56 Å². The van der Waals surface area contributed by atoms with E-state index in [0.29, 0.717) is 12.1 Å². The third kappa shape index (κ3) is 3.33. The summed E-state index contributed by atoms with van der Waals surface area (Å²) in [4.78, 5) is 2.63. The van der Waals surface area contributed by atoms with E-state index in [0.717, 1.165) is 25.8 Å². The Bertz CT molecular complexity index is 366. The third-order valence-electron chi connectivity index (χ3n) is 3.93. The highest BCUT2D eigenvalue weighted by Crippen LogP contribution is 2.27. The first-order chi connectivity index (χ1) is 8.47. The topological polar surface area (TPSA) is 29.3 Å². The summed E-state index contributed by atoms with van der Waals surface area (Å²) in [6.07, 6.45) is 3.36. The van der Waals surface area contributed by atoms with Gasteiger partial charge in [0, 0.05) is 24.2 Å². The van der Waals surface area contributed by atoms with Gasteiger partial charge in [0.1, 0.15) is 0 Å². The summed E-state index contributed by atoms with van der Waals surface area (Å²) in [7, 11) is 0. The lowest BCUT2D eigenvalue weighted by atomic mass is 9.88. The lowest BCUT2D eigenvalue weighted by Gasteiger charge is -2.46. The molecule has 2 atom stereocenters. The van der Waals surface area contributed by atoms with E-state index >= 15 is 0 Å². The molecule has 2 heteroatoms. The zero-order valence-electron chi connectivity index (χ0n) is 11.9. The predicted octanol–water partition coefficient (Wildman–Crippen LogP) is 2.82. The number of hydrogen-bond donors (Lipinski definition) is 1. The van der Waals surface area contributed by atoms with Crippen LogP contribution in [0.5, 0.6) is 0 Å². The quantitative estimate of drug-likeness (QED) is 0.869. The highest BCUT2D eigenvalue weighted by Gasteiger charge is 2.33. The molecule has 100 valence electrons. The fraction of sp³-hybridized carbons (Fsp3) is 0.625. The average molecular weight is 246 g/mol. The zero-order chi connectivity index (χ0) is 13.2. The molecule has 1 heterocycles. The van der Waals surface area contributed by atoms with Crippen LogP contribution in [0.3, 0.4) is 0 Å². The van der Waals surface area contributed by atoms with Crippen LogP contribution < -0.4 is 5.73 Å². The molecule has 0 amide bonds. The number of hydrogen-bond acceptors (Lipinski definition) is 2. The molecule has 1 saturated heterocycles. The molecule has 0 spiro atoms. The molecule has 0 radical (unpaired) electrons. The van der Waals surface area contributed by atoms with Gasteiger partial charge in [0.2, 0.25) is 0 Å². The second-order valence-electron chi connectivity index (χ2n) is 6.49. The van der Waals surface area contributed by atoms with Gasteiger partial charge in [-0.05, 0) is 45.6 Å². The number of piperidine rings is 1. The van der Waals surface area contributed by atoms with Gasteiger partial charge in [-0.25, -0.2) is 0 Å². The lowest BCUT2D eigenvalue weighted by molar-refractivity contribution is 0.0447. The fourth-order valence-electron chi connectivity index (χ4n) is 3.04. The second-order valence-corrected chi connectivity index (χ2v) is 6.49. The highest BCUT2D eigenvalue weighted by molar-refractivity contribution is 5.16. The number of benzene rings is 1. The Morgan fingerprint density at radius 2 is 1.89 bits per heavy atom. The average Bonchev–Trinajstić information content (AvgIpc) is 2.28. The molecule has 0 aliphatic carbocycles. The summed E-state index contributed by atoms with van der Waals surface area (Å²) < 4.78 is 0. The first-order valence-electron chi connectivity index (χ1n) is 7.03. The summed E-state index contributed by atoms with van der Waals surface area (Å²) in [5, 5.41) is 0. The number of likely N-dealkylation sites (tertiary alicyclic amines) is 1. The van der Waals surface area contributed by atoms with Gasteiger partial charge in [0.25, 0.3) is 0 Å². The van der Waals surface area contributed by atoms with Crippen LogP contribution in [-0.2, 0) is 6.42 Å². The van der Waals surface area contributed by atoms with E-state index < -0.39 is 0 Å². The zero-order valence-corrected chi connectivity index (χ0v) is 11.9. The Balaban J connectivity index is 2.11. The van der Waals surface area contributed by atoms with Crippen molar-refractivity contribution in [2.75, 3.05) is 6.54 Å². The van der Waals surface area contributed by atoms with E-state index in [2.05, 4.69) is 56.0 Å². The first-order valence-corrected chi connectivity index (χ1v) is 7.03. The molecule has 2 nitrogen and oxygen atoms in total. The molecule has 2 unspecified atom stereocenters. The van der Waals surface area contributed by atoms with Crippen LogP contribution in [0.25, 0.3) is 0 Å². The maximum Gasteiger partial charge on any atom is 0.0156 e. The van der Waals surface area contributed by atoms with E-state index in [1.54, 1.807) is 0 Å². The lowest BCUT2D eigenvalue weighted by Crippen LogP contribution is -2.55. The summed E-state index contributed by atoms with van der Waals surface area (Å²) in [5.41, 5.74) is 7.82. The molecule has 1 aliphatic rings. The molecule has 1 aromatic carbocycles. The molecular formula is C16H26N2. The molecule has 0 aromatic heterocycles. The van der Waals surface area contributed by atoms with Crippen molar-refractivity contribution in [2.45, 2.75) is 57.7 Å².